The molecule has 0 aromatic heterocycles. The summed E-state index contributed by atoms with van der Waals surface area (Å²) in [5.74, 6) is 0.162. The van der Waals surface area contributed by atoms with Crippen LogP contribution in [0.3, 0.4) is 0 Å². The van der Waals surface area contributed by atoms with Gasteiger partial charge in [0.2, 0.25) is 0 Å². The van der Waals surface area contributed by atoms with Gasteiger partial charge in [0.25, 0.3) is 11.8 Å². The van der Waals surface area contributed by atoms with Crippen molar-refractivity contribution in [3.8, 4) is 5.75 Å². The number of hydrogen-bond acceptors (Lipinski definition) is 13. The number of amides is 2. The lowest BCUT2D eigenvalue weighted by Gasteiger charge is -2.38. The molecule has 6 N–H and O–H groups in total. The molecule has 14 nitrogen and oxygen atoms in total. The van der Waals surface area contributed by atoms with Crippen LogP contribution in [-0.4, -0.2) is 104 Å². The highest BCUT2D eigenvalue weighted by Gasteiger charge is 2.52. The van der Waals surface area contributed by atoms with E-state index in [1.54, 1.807) is 38.5 Å². The number of hydroxylamine groups is 1. The Morgan fingerprint density at radius 3 is 2.38 bits per heavy atom. The van der Waals surface area contributed by atoms with E-state index >= 15 is 0 Å². The van der Waals surface area contributed by atoms with Crippen molar-refractivity contribution in [1.29, 1.82) is 0 Å². The van der Waals surface area contributed by atoms with E-state index < -0.39 is 11.8 Å². The maximum Gasteiger partial charge on any atom is 0.266 e. The molecular formula is C30H44N4O10S. The second kappa shape index (κ2) is 20.8. The summed E-state index contributed by atoms with van der Waals surface area (Å²) < 4.78 is 17.9. The van der Waals surface area contributed by atoms with Crippen LogP contribution in [-0.2, 0) is 23.9 Å². The van der Waals surface area contributed by atoms with Crippen LogP contribution in [0.25, 0.3) is 0 Å². The molecular weight excluding hydrogens is 608 g/mol. The number of ether oxygens (including phenoxy) is 3. The number of rotatable bonds is 14. The van der Waals surface area contributed by atoms with Gasteiger partial charge in [0.15, 0.2) is 6.29 Å². The van der Waals surface area contributed by atoms with Crippen molar-refractivity contribution in [1.82, 2.24) is 15.1 Å². The van der Waals surface area contributed by atoms with Gasteiger partial charge in [-0.1, -0.05) is 0 Å². The minimum Gasteiger partial charge on any atom is -0.497 e. The fourth-order valence-corrected chi connectivity index (χ4v) is 6.14. The molecule has 3 unspecified atom stereocenters. The van der Waals surface area contributed by atoms with E-state index in [0.29, 0.717) is 56.1 Å². The van der Waals surface area contributed by atoms with Gasteiger partial charge < -0.3 is 34.7 Å². The van der Waals surface area contributed by atoms with Crippen LogP contribution in [0.4, 0.5) is 5.69 Å². The lowest BCUT2D eigenvalue weighted by molar-refractivity contribution is -0.204. The van der Waals surface area contributed by atoms with Crippen LogP contribution in [0.5, 0.6) is 5.75 Å². The smallest absolute Gasteiger partial charge is 0.266 e. The number of aliphatic hydroxyl groups is 1. The monoisotopic (exact) mass is 652 g/mol. The number of carbonyl (C=O) groups excluding carboxylic acids is 3. The van der Waals surface area contributed by atoms with Crippen LogP contribution in [0.2, 0.25) is 0 Å². The van der Waals surface area contributed by atoms with Crippen molar-refractivity contribution in [2.45, 2.75) is 54.9 Å². The highest BCUT2D eigenvalue weighted by atomic mass is 32.2. The predicted octanol–water partition coefficient (Wildman–Crippen LogP) is 2.79. The molecule has 250 valence electrons. The number of anilines is 1. The Morgan fingerprint density at radius 1 is 1.07 bits per heavy atom. The summed E-state index contributed by atoms with van der Waals surface area (Å²) in [6.07, 6.45) is 3.38. The molecule has 15 heteroatoms. The number of nitrogens with zero attached hydrogens (tertiary/aromatic N) is 1. The molecule has 0 saturated carbocycles. The quantitative estimate of drug-likeness (QED) is 0.0758. The van der Waals surface area contributed by atoms with Crippen molar-refractivity contribution in [3.63, 3.8) is 0 Å². The Balaban J connectivity index is 0.00000169. The summed E-state index contributed by atoms with van der Waals surface area (Å²) in [6.45, 7) is 3.93. The average molecular weight is 653 g/mol. The van der Waals surface area contributed by atoms with Gasteiger partial charge >= 0.3 is 0 Å². The van der Waals surface area contributed by atoms with E-state index in [9.17, 15) is 14.7 Å². The third-order valence-electron chi connectivity index (χ3n) is 7.27. The van der Waals surface area contributed by atoms with E-state index in [2.05, 4.69) is 16.1 Å². The summed E-state index contributed by atoms with van der Waals surface area (Å²) in [5.41, 5.74) is 2.84. The molecule has 0 aliphatic carbocycles. The zero-order valence-corrected chi connectivity index (χ0v) is 26.4. The second-order valence-electron chi connectivity index (χ2n) is 10.0. The van der Waals surface area contributed by atoms with Crippen molar-refractivity contribution >= 4 is 36.2 Å². The number of benzene rings is 2. The molecule has 0 spiro atoms. The molecule has 4 rings (SSSR count). The van der Waals surface area contributed by atoms with Crippen LogP contribution in [0, 0.1) is 0 Å². The van der Waals surface area contributed by atoms with Gasteiger partial charge in [-0.25, -0.2) is 14.6 Å². The summed E-state index contributed by atoms with van der Waals surface area (Å²) in [6, 6.07) is 14.0. The molecule has 3 atom stereocenters. The SMILES string of the molecule is C=O.COCCNCC1(C(=O)NOC2CCCCO2)CCC(CO)N1Sc1ccc(NC(=O)c2ccc(OC)cc2)cc1.OO. The third-order valence-corrected chi connectivity index (χ3v) is 8.59. The molecule has 2 saturated heterocycles. The van der Waals surface area contributed by atoms with Crippen LogP contribution in [0.15, 0.2) is 53.4 Å². The van der Waals surface area contributed by atoms with Crippen molar-refractivity contribution < 1.29 is 49.1 Å². The molecule has 2 fully saturated rings. The lowest BCUT2D eigenvalue weighted by Crippen LogP contribution is -2.60. The van der Waals surface area contributed by atoms with E-state index in [1.807, 2.05) is 35.4 Å². The molecule has 45 heavy (non-hydrogen) atoms. The second-order valence-corrected chi connectivity index (χ2v) is 11.1. The van der Waals surface area contributed by atoms with Gasteiger partial charge in [-0.2, -0.15) is 0 Å². The van der Waals surface area contributed by atoms with Crippen molar-refractivity contribution in [2.75, 3.05) is 52.4 Å². The molecule has 0 radical (unpaired) electrons. The van der Waals surface area contributed by atoms with Gasteiger partial charge in [-0.05, 0) is 86.2 Å². The van der Waals surface area contributed by atoms with Gasteiger partial charge in [-0.15, -0.1) is 0 Å². The summed E-state index contributed by atoms with van der Waals surface area (Å²) in [4.78, 5) is 40.9. The Hall–Kier alpha value is -3.12. The highest BCUT2D eigenvalue weighted by Crippen LogP contribution is 2.42. The van der Waals surface area contributed by atoms with Crippen molar-refractivity contribution in [2.24, 2.45) is 0 Å². The molecule has 2 aromatic rings. The maximum atomic E-state index is 13.7. The van der Waals surface area contributed by atoms with Gasteiger partial charge in [0.05, 0.1) is 20.3 Å². The number of carbonyl (C=O) groups is 3. The largest absolute Gasteiger partial charge is 0.497 e. The van der Waals surface area contributed by atoms with E-state index in [4.69, 9.17) is 34.4 Å². The standard InChI is InChI=1S/C29H40N4O7S.CH2O.H2O2/c1-37-18-16-30-20-29(28(36)32-40-26-5-3-4-17-39-26)15-14-23(19-34)33(29)41-25-12-8-22(9-13-25)31-27(35)21-6-10-24(38-2)11-7-21;2*1-2/h6-13,23,26,30,34H,3-5,14-20H2,1-2H3,(H,31,35)(H,32,36);1H2;1-2H. The number of methoxy groups -OCH3 is 2. The zero-order chi connectivity index (χ0) is 33.1. The maximum absolute atomic E-state index is 13.7. The topological polar surface area (TPSA) is 188 Å². The van der Waals surface area contributed by atoms with Gasteiger partial charge in [0, 0.05) is 55.4 Å². The van der Waals surface area contributed by atoms with Crippen LogP contribution < -0.4 is 20.9 Å². The van der Waals surface area contributed by atoms with Crippen LogP contribution >= 0.6 is 11.9 Å². The number of hydrogen-bond donors (Lipinski definition) is 6. The first kappa shape index (κ1) is 38.1. The number of aliphatic hydroxyl groups excluding tert-OH is 1. The predicted molar refractivity (Wildman–Crippen MR) is 168 cm³/mol. The molecule has 0 bridgehead atoms. The van der Waals surface area contributed by atoms with E-state index in [-0.39, 0.29) is 24.5 Å². The first-order valence-electron chi connectivity index (χ1n) is 14.4. The molecule has 2 aliphatic rings. The van der Waals surface area contributed by atoms with Crippen molar-refractivity contribution in [3.05, 3.63) is 54.1 Å². The Kier molecular flexibility index (Phi) is 17.6. The Bertz CT molecular complexity index is 1140. The number of nitrogens with one attached hydrogen (secondary N) is 3. The fraction of sp³-hybridized carbons (Fsp3) is 0.500. The highest BCUT2D eigenvalue weighted by molar-refractivity contribution is 7.97. The summed E-state index contributed by atoms with van der Waals surface area (Å²) >= 11 is 1.40. The Morgan fingerprint density at radius 2 is 1.78 bits per heavy atom. The molecule has 2 aromatic carbocycles. The third kappa shape index (κ3) is 11.0. The molecule has 2 amide bonds. The first-order valence-corrected chi connectivity index (χ1v) is 15.2. The average Bonchev–Trinajstić information content (AvgIpc) is 3.46. The normalized spacial score (nSPS) is 21.0. The molecule has 2 aliphatic heterocycles. The Labute approximate surface area is 267 Å². The minimum absolute atomic E-state index is 0.0945. The van der Waals surface area contributed by atoms with E-state index in [0.717, 1.165) is 24.2 Å². The summed E-state index contributed by atoms with van der Waals surface area (Å²) in [7, 11) is 3.21. The van der Waals surface area contributed by atoms with Gasteiger partial charge in [0.1, 0.15) is 18.1 Å². The zero-order valence-electron chi connectivity index (χ0n) is 25.6. The first-order chi connectivity index (χ1) is 22.0. The van der Waals surface area contributed by atoms with Crippen LogP contribution in [0.1, 0.15) is 42.5 Å². The molecule has 2 heterocycles. The van der Waals surface area contributed by atoms with Gasteiger partial charge in [-0.3, -0.25) is 20.1 Å². The summed E-state index contributed by atoms with van der Waals surface area (Å²) in [5, 5.41) is 28.5. The lowest BCUT2D eigenvalue weighted by atomic mass is 9.96. The minimum atomic E-state index is -0.984. The van der Waals surface area contributed by atoms with E-state index in [1.165, 1.54) is 11.9 Å². The fourth-order valence-electron chi connectivity index (χ4n) is 4.92.